The second-order valence-electron chi connectivity index (χ2n) is 5.31. The number of rotatable bonds is 4. The van der Waals surface area contributed by atoms with E-state index in [4.69, 9.17) is 0 Å². The maximum Gasteiger partial charge on any atom is 0.251 e. The number of nitrogens with one attached hydrogen (secondary N) is 3. The summed E-state index contributed by atoms with van der Waals surface area (Å²) < 4.78 is 0. The van der Waals surface area contributed by atoms with Gasteiger partial charge in [-0.25, -0.2) is 0 Å². The summed E-state index contributed by atoms with van der Waals surface area (Å²) in [6.07, 6.45) is 0. The highest BCUT2D eigenvalue weighted by atomic mass is 16.2. The summed E-state index contributed by atoms with van der Waals surface area (Å²) in [6.45, 7) is 6.21. The molecule has 0 bridgehead atoms. The highest BCUT2D eigenvalue weighted by molar-refractivity contribution is 5.97. The second-order valence-corrected chi connectivity index (χ2v) is 5.31. The van der Waals surface area contributed by atoms with E-state index >= 15 is 0 Å². The predicted molar refractivity (Wildman–Crippen MR) is 76.2 cm³/mol. The molecule has 2 amide bonds. The van der Waals surface area contributed by atoms with Crippen molar-refractivity contribution in [1.29, 1.82) is 0 Å². The molecular formula is C14H21N3O2. The number of carbonyl (C=O) groups is 2. The molecule has 0 saturated carbocycles. The average Bonchev–Trinajstić information content (AvgIpc) is 2.35. The van der Waals surface area contributed by atoms with Crippen LogP contribution in [0.2, 0.25) is 0 Å². The van der Waals surface area contributed by atoms with Gasteiger partial charge in [0.25, 0.3) is 5.91 Å². The molecule has 0 saturated heterocycles. The van der Waals surface area contributed by atoms with E-state index in [1.807, 2.05) is 20.8 Å². The van der Waals surface area contributed by atoms with Gasteiger partial charge in [0.2, 0.25) is 5.91 Å². The predicted octanol–water partition coefficient (Wildman–Crippen LogP) is 1.37. The van der Waals surface area contributed by atoms with E-state index in [2.05, 4.69) is 16.0 Å². The van der Waals surface area contributed by atoms with E-state index < -0.39 is 0 Å². The van der Waals surface area contributed by atoms with Crippen LogP contribution in [0.1, 0.15) is 31.1 Å². The topological polar surface area (TPSA) is 70.2 Å². The van der Waals surface area contributed by atoms with E-state index in [1.54, 1.807) is 31.3 Å². The fourth-order valence-corrected chi connectivity index (χ4v) is 1.43. The fourth-order valence-electron chi connectivity index (χ4n) is 1.43. The van der Waals surface area contributed by atoms with Gasteiger partial charge in [0.05, 0.1) is 6.54 Å². The summed E-state index contributed by atoms with van der Waals surface area (Å²) in [5.74, 6) is -0.312. The molecule has 0 spiro atoms. The lowest BCUT2D eigenvalue weighted by molar-refractivity contribution is -0.115. The smallest absolute Gasteiger partial charge is 0.251 e. The first-order valence-electron chi connectivity index (χ1n) is 6.19. The molecule has 0 aliphatic rings. The van der Waals surface area contributed by atoms with Crippen LogP contribution in [0.4, 0.5) is 5.69 Å². The van der Waals surface area contributed by atoms with Gasteiger partial charge in [0.15, 0.2) is 0 Å². The average molecular weight is 263 g/mol. The second kappa shape index (κ2) is 6.33. The van der Waals surface area contributed by atoms with Crippen LogP contribution in [-0.4, -0.2) is 30.9 Å². The molecule has 19 heavy (non-hydrogen) atoms. The zero-order valence-corrected chi connectivity index (χ0v) is 11.8. The van der Waals surface area contributed by atoms with Gasteiger partial charge in [0, 0.05) is 23.8 Å². The summed E-state index contributed by atoms with van der Waals surface area (Å²) in [6, 6.07) is 6.83. The summed E-state index contributed by atoms with van der Waals surface area (Å²) in [7, 11) is 1.57. The Kier molecular flexibility index (Phi) is 5.06. The van der Waals surface area contributed by atoms with Crippen molar-refractivity contribution in [2.75, 3.05) is 18.9 Å². The number of hydrogen-bond acceptors (Lipinski definition) is 3. The lowest BCUT2D eigenvalue weighted by Crippen LogP contribution is -2.41. The van der Waals surface area contributed by atoms with Gasteiger partial charge in [-0.05, 0) is 39.0 Å². The van der Waals surface area contributed by atoms with E-state index in [1.165, 1.54) is 0 Å². The molecule has 0 fully saturated rings. The van der Waals surface area contributed by atoms with Crippen LogP contribution in [0.5, 0.6) is 0 Å². The fraction of sp³-hybridized carbons (Fsp3) is 0.429. The van der Waals surface area contributed by atoms with Crippen molar-refractivity contribution in [1.82, 2.24) is 10.6 Å². The third-order valence-corrected chi connectivity index (χ3v) is 2.41. The Morgan fingerprint density at radius 1 is 1.21 bits per heavy atom. The van der Waals surface area contributed by atoms with Crippen molar-refractivity contribution in [3.63, 3.8) is 0 Å². The summed E-state index contributed by atoms with van der Waals surface area (Å²) in [5, 5.41) is 8.39. The first-order chi connectivity index (χ1) is 8.81. The van der Waals surface area contributed by atoms with Crippen molar-refractivity contribution in [3.05, 3.63) is 29.8 Å². The lowest BCUT2D eigenvalue weighted by Gasteiger charge is -2.20. The summed E-state index contributed by atoms with van der Waals surface area (Å²) in [5.41, 5.74) is 1.02. The van der Waals surface area contributed by atoms with Crippen LogP contribution in [0, 0.1) is 0 Å². The minimum Gasteiger partial charge on any atom is -0.355 e. The maximum absolute atomic E-state index is 11.7. The number of anilines is 1. The molecule has 104 valence electrons. The summed E-state index contributed by atoms with van der Waals surface area (Å²) >= 11 is 0. The zero-order valence-electron chi connectivity index (χ0n) is 11.8. The number of hydrogen-bond donors (Lipinski definition) is 3. The van der Waals surface area contributed by atoms with Crippen LogP contribution < -0.4 is 16.0 Å². The Labute approximate surface area is 113 Å². The van der Waals surface area contributed by atoms with Gasteiger partial charge in [-0.1, -0.05) is 6.07 Å². The third kappa shape index (κ3) is 5.52. The van der Waals surface area contributed by atoms with Gasteiger partial charge in [0.1, 0.15) is 0 Å². The van der Waals surface area contributed by atoms with Crippen LogP contribution in [-0.2, 0) is 4.79 Å². The molecule has 0 radical (unpaired) electrons. The molecule has 5 nitrogen and oxygen atoms in total. The third-order valence-electron chi connectivity index (χ3n) is 2.41. The number of amides is 2. The number of benzene rings is 1. The van der Waals surface area contributed by atoms with Crippen molar-refractivity contribution in [2.24, 2.45) is 0 Å². The Morgan fingerprint density at radius 3 is 2.47 bits per heavy atom. The van der Waals surface area contributed by atoms with Crippen LogP contribution >= 0.6 is 0 Å². The van der Waals surface area contributed by atoms with Gasteiger partial charge in [-0.2, -0.15) is 0 Å². The molecule has 0 aromatic heterocycles. The van der Waals surface area contributed by atoms with Crippen molar-refractivity contribution in [2.45, 2.75) is 26.3 Å². The molecule has 0 aliphatic carbocycles. The van der Waals surface area contributed by atoms with Crippen LogP contribution in [0.25, 0.3) is 0 Å². The standard InChI is InChI=1S/C14H21N3O2/c1-14(2,3)16-9-12(18)17-11-7-5-6-10(8-11)13(19)15-4/h5-8,16H,9H2,1-4H3,(H,15,19)(H,17,18). The van der Waals surface area contributed by atoms with Crippen LogP contribution in [0.3, 0.4) is 0 Å². The lowest BCUT2D eigenvalue weighted by atomic mass is 10.1. The molecule has 0 unspecified atom stereocenters. The Balaban J connectivity index is 2.62. The first-order valence-corrected chi connectivity index (χ1v) is 6.19. The largest absolute Gasteiger partial charge is 0.355 e. The van der Waals surface area contributed by atoms with Gasteiger partial charge in [-0.3, -0.25) is 9.59 Å². The highest BCUT2D eigenvalue weighted by Gasteiger charge is 2.11. The maximum atomic E-state index is 11.7. The van der Waals surface area contributed by atoms with Crippen molar-refractivity contribution in [3.8, 4) is 0 Å². The first kappa shape index (κ1) is 15.2. The minimum absolute atomic E-state index is 0.110. The van der Waals surface area contributed by atoms with Gasteiger partial charge >= 0.3 is 0 Å². The Hall–Kier alpha value is -1.88. The minimum atomic E-state index is -0.177. The zero-order chi connectivity index (χ0) is 14.5. The van der Waals surface area contributed by atoms with Crippen molar-refractivity contribution < 1.29 is 9.59 Å². The van der Waals surface area contributed by atoms with E-state index in [0.717, 1.165) is 0 Å². The van der Waals surface area contributed by atoms with E-state index in [9.17, 15) is 9.59 Å². The molecule has 5 heteroatoms. The molecule has 3 N–H and O–H groups in total. The quantitative estimate of drug-likeness (QED) is 0.768. The monoisotopic (exact) mass is 263 g/mol. The normalized spacial score (nSPS) is 10.9. The molecule has 0 heterocycles. The van der Waals surface area contributed by atoms with Crippen LogP contribution in [0.15, 0.2) is 24.3 Å². The highest BCUT2D eigenvalue weighted by Crippen LogP contribution is 2.10. The Morgan fingerprint density at radius 2 is 1.89 bits per heavy atom. The molecule has 1 aromatic carbocycles. The van der Waals surface area contributed by atoms with Crippen molar-refractivity contribution >= 4 is 17.5 Å². The Bertz CT molecular complexity index is 464. The van der Waals surface area contributed by atoms with Gasteiger partial charge in [-0.15, -0.1) is 0 Å². The molecular weight excluding hydrogens is 242 g/mol. The molecule has 1 aromatic rings. The SMILES string of the molecule is CNC(=O)c1cccc(NC(=O)CNC(C)(C)C)c1. The number of carbonyl (C=O) groups excluding carboxylic acids is 2. The summed E-state index contributed by atoms with van der Waals surface area (Å²) in [4.78, 5) is 23.2. The van der Waals surface area contributed by atoms with Gasteiger partial charge < -0.3 is 16.0 Å². The van der Waals surface area contributed by atoms with E-state index in [0.29, 0.717) is 11.3 Å². The van der Waals surface area contributed by atoms with E-state index in [-0.39, 0.29) is 23.9 Å². The molecule has 1 rings (SSSR count). The molecule has 0 aliphatic heterocycles. The molecule has 0 atom stereocenters.